The average Bonchev–Trinajstić information content (AvgIpc) is 2.93. The Hall–Kier alpha value is -2.30. The first-order valence-electron chi connectivity index (χ1n) is 5.83. The Labute approximate surface area is 102 Å². The summed E-state index contributed by atoms with van der Waals surface area (Å²) < 4.78 is 0. The Balaban J connectivity index is 2.16. The lowest BCUT2D eigenvalue weighted by atomic mass is 10.0. The number of nitrogens with one attached hydrogen (secondary N) is 2. The van der Waals surface area contributed by atoms with E-state index in [9.17, 15) is 9.59 Å². The van der Waals surface area contributed by atoms with E-state index in [1.807, 2.05) is 18.2 Å². The summed E-state index contributed by atoms with van der Waals surface area (Å²) in [5, 5.41) is 14.0. The van der Waals surface area contributed by atoms with Gasteiger partial charge in [-0.15, -0.1) is 0 Å². The van der Waals surface area contributed by atoms with Crippen LogP contribution in [0.1, 0.15) is 27.9 Å². The van der Waals surface area contributed by atoms with Crippen molar-refractivity contribution in [2.45, 2.75) is 19.3 Å². The highest BCUT2D eigenvalue weighted by Crippen LogP contribution is 2.27. The lowest BCUT2D eigenvalue weighted by Crippen LogP contribution is -2.12. The molecule has 0 spiro atoms. The van der Waals surface area contributed by atoms with E-state index in [0.29, 0.717) is 5.69 Å². The second-order valence-electron chi connectivity index (χ2n) is 4.47. The minimum absolute atomic E-state index is 0.229. The van der Waals surface area contributed by atoms with Gasteiger partial charge in [-0.2, -0.15) is 0 Å². The third kappa shape index (κ3) is 1.55. The molecule has 0 fully saturated rings. The molecule has 0 radical (unpaired) electrons. The molecule has 18 heavy (non-hydrogen) atoms. The van der Waals surface area contributed by atoms with E-state index in [4.69, 9.17) is 5.11 Å². The average molecular weight is 244 g/mol. The number of aromatic amines is 2. The zero-order valence-corrected chi connectivity index (χ0v) is 9.62. The summed E-state index contributed by atoms with van der Waals surface area (Å²) in [7, 11) is 0. The molecule has 0 atom stereocenters. The lowest BCUT2D eigenvalue weighted by molar-refractivity contribution is 0.0696. The van der Waals surface area contributed by atoms with Gasteiger partial charge in [0.2, 0.25) is 0 Å². The van der Waals surface area contributed by atoms with Crippen molar-refractivity contribution in [1.82, 2.24) is 10.2 Å². The number of aromatic nitrogens is 2. The smallest absolute Gasteiger partial charge is 0.343 e. The van der Waals surface area contributed by atoms with Crippen molar-refractivity contribution in [1.29, 1.82) is 0 Å². The van der Waals surface area contributed by atoms with Gasteiger partial charge in [-0.1, -0.05) is 12.1 Å². The Kier molecular flexibility index (Phi) is 2.33. The van der Waals surface area contributed by atoms with Gasteiger partial charge in [0.1, 0.15) is 0 Å². The molecule has 0 saturated heterocycles. The van der Waals surface area contributed by atoms with Crippen LogP contribution in [0.15, 0.2) is 23.0 Å². The first kappa shape index (κ1) is 10.8. The number of H-pyrrole nitrogens is 2. The first-order valence-corrected chi connectivity index (χ1v) is 5.83. The van der Waals surface area contributed by atoms with Crippen LogP contribution in [0.25, 0.3) is 11.3 Å². The van der Waals surface area contributed by atoms with Gasteiger partial charge in [0.25, 0.3) is 5.56 Å². The number of aryl methyl sites for hydroxylation is 2. The normalized spacial score (nSPS) is 13.6. The van der Waals surface area contributed by atoms with Crippen LogP contribution >= 0.6 is 0 Å². The van der Waals surface area contributed by atoms with Crippen molar-refractivity contribution in [3.8, 4) is 11.3 Å². The number of carbonyl (C=O) groups is 1. The van der Waals surface area contributed by atoms with Crippen molar-refractivity contribution in [2.24, 2.45) is 0 Å². The molecule has 0 amide bonds. The van der Waals surface area contributed by atoms with Gasteiger partial charge in [0.15, 0.2) is 5.56 Å². The van der Waals surface area contributed by atoms with E-state index in [1.54, 1.807) is 0 Å². The van der Waals surface area contributed by atoms with E-state index in [1.165, 1.54) is 11.1 Å². The predicted octanol–water partition coefficient (Wildman–Crippen LogP) is 1.56. The molecule has 0 aliphatic heterocycles. The maximum absolute atomic E-state index is 11.4. The summed E-state index contributed by atoms with van der Waals surface area (Å²) in [5.41, 5.74) is 2.82. The number of aromatic carboxylic acids is 1. The van der Waals surface area contributed by atoms with Crippen molar-refractivity contribution in [2.75, 3.05) is 0 Å². The first-order chi connectivity index (χ1) is 8.66. The fourth-order valence-corrected chi connectivity index (χ4v) is 2.51. The minimum Gasteiger partial charge on any atom is -0.477 e. The van der Waals surface area contributed by atoms with Crippen molar-refractivity contribution < 1.29 is 9.90 Å². The Morgan fingerprint density at radius 3 is 2.72 bits per heavy atom. The number of rotatable bonds is 2. The van der Waals surface area contributed by atoms with Gasteiger partial charge >= 0.3 is 5.97 Å². The van der Waals surface area contributed by atoms with E-state index >= 15 is 0 Å². The van der Waals surface area contributed by atoms with Gasteiger partial charge in [-0.3, -0.25) is 15.0 Å². The quantitative estimate of drug-likeness (QED) is 0.749. The largest absolute Gasteiger partial charge is 0.477 e. The van der Waals surface area contributed by atoms with E-state index < -0.39 is 11.5 Å². The lowest BCUT2D eigenvalue weighted by Gasteiger charge is -2.03. The fourth-order valence-electron chi connectivity index (χ4n) is 2.51. The molecule has 1 aromatic heterocycles. The van der Waals surface area contributed by atoms with Crippen LogP contribution in [-0.2, 0) is 12.8 Å². The molecule has 1 aromatic carbocycles. The topological polar surface area (TPSA) is 85.9 Å². The number of benzene rings is 1. The van der Waals surface area contributed by atoms with Crippen LogP contribution in [0, 0.1) is 0 Å². The van der Waals surface area contributed by atoms with Crippen LogP contribution in [0.5, 0.6) is 0 Å². The zero-order chi connectivity index (χ0) is 12.7. The molecule has 1 heterocycles. The molecule has 2 aromatic rings. The van der Waals surface area contributed by atoms with E-state index in [-0.39, 0.29) is 5.56 Å². The standard InChI is InChI=1S/C13H12N2O3/c16-12-10(13(17)18)11(14-15-12)9-5-4-7-2-1-3-8(7)6-9/h4-6H,1-3H2,(H,17,18)(H2,14,15,16). The van der Waals surface area contributed by atoms with Crippen molar-refractivity contribution in [3.05, 3.63) is 45.2 Å². The van der Waals surface area contributed by atoms with Gasteiger partial charge in [0.05, 0.1) is 5.69 Å². The minimum atomic E-state index is -1.21. The molecule has 1 aliphatic rings. The van der Waals surface area contributed by atoms with E-state index in [0.717, 1.165) is 24.8 Å². The van der Waals surface area contributed by atoms with Gasteiger partial charge in [-0.05, 0) is 36.5 Å². The molecule has 92 valence electrons. The molecule has 3 N–H and O–H groups in total. The summed E-state index contributed by atoms with van der Waals surface area (Å²) >= 11 is 0. The summed E-state index contributed by atoms with van der Waals surface area (Å²) in [4.78, 5) is 22.5. The Morgan fingerprint density at radius 2 is 1.94 bits per heavy atom. The Bertz CT molecular complexity index is 682. The van der Waals surface area contributed by atoms with Gasteiger partial charge < -0.3 is 5.11 Å². The summed E-state index contributed by atoms with van der Waals surface area (Å²) in [6.07, 6.45) is 3.22. The highest BCUT2D eigenvalue weighted by Gasteiger charge is 2.20. The van der Waals surface area contributed by atoms with Crippen LogP contribution in [0.2, 0.25) is 0 Å². The second kappa shape index (κ2) is 3.87. The second-order valence-corrected chi connectivity index (χ2v) is 4.47. The van der Waals surface area contributed by atoms with Gasteiger partial charge in [0, 0.05) is 5.56 Å². The summed E-state index contributed by atoms with van der Waals surface area (Å²) in [6, 6.07) is 5.83. The number of hydrogen-bond acceptors (Lipinski definition) is 2. The maximum Gasteiger partial charge on any atom is 0.343 e. The maximum atomic E-state index is 11.4. The highest BCUT2D eigenvalue weighted by atomic mass is 16.4. The summed E-state index contributed by atoms with van der Waals surface area (Å²) in [6.45, 7) is 0. The van der Waals surface area contributed by atoms with Crippen LogP contribution < -0.4 is 5.56 Å². The SMILES string of the molecule is O=C(O)c1c(-c2ccc3c(c2)CCC3)[nH][nH]c1=O. The third-order valence-electron chi connectivity index (χ3n) is 3.38. The molecule has 5 heteroatoms. The molecular formula is C13H12N2O3. The molecule has 1 aliphatic carbocycles. The zero-order valence-electron chi connectivity index (χ0n) is 9.62. The monoisotopic (exact) mass is 244 g/mol. The fraction of sp³-hybridized carbons (Fsp3) is 0.231. The number of carboxylic acid groups (broad SMARTS) is 1. The predicted molar refractivity (Wildman–Crippen MR) is 65.8 cm³/mol. The highest BCUT2D eigenvalue weighted by molar-refractivity contribution is 5.94. The third-order valence-corrected chi connectivity index (χ3v) is 3.38. The summed E-state index contributed by atoms with van der Waals surface area (Å²) in [5.74, 6) is -1.21. The molecule has 5 nitrogen and oxygen atoms in total. The van der Waals surface area contributed by atoms with Crippen LogP contribution in [-0.4, -0.2) is 21.3 Å². The number of hydrogen-bond donors (Lipinski definition) is 3. The van der Waals surface area contributed by atoms with Crippen LogP contribution in [0.3, 0.4) is 0 Å². The molecule has 0 unspecified atom stereocenters. The number of fused-ring (bicyclic) bond motifs is 1. The van der Waals surface area contributed by atoms with Gasteiger partial charge in [-0.25, -0.2) is 4.79 Å². The van der Waals surface area contributed by atoms with Crippen LogP contribution in [0.4, 0.5) is 0 Å². The van der Waals surface area contributed by atoms with Crippen molar-refractivity contribution in [3.63, 3.8) is 0 Å². The molecule has 0 saturated carbocycles. The Morgan fingerprint density at radius 1 is 1.17 bits per heavy atom. The molecule has 0 bridgehead atoms. The molecular weight excluding hydrogens is 232 g/mol. The number of carboxylic acids is 1. The molecule has 3 rings (SSSR count). The van der Waals surface area contributed by atoms with Crippen molar-refractivity contribution >= 4 is 5.97 Å². The van der Waals surface area contributed by atoms with E-state index in [2.05, 4.69) is 10.2 Å².